The molecule has 0 aromatic carbocycles. The van der Waals surface area contributed by atoms with Crippen LogP contribution in [0.25, 0.3) is 0 Å². The van der Waals surface area contributed by atoms with Crippen molar-refractivity contribution in [2.75, 3.05) is 26.2 Å². The highest BCUT2D eigenvalue weighted by atomic mass is 19.4. The number of hydrogen-bond acceptors (Lipinski definition) is 8. The van der Waals surface area contributed by atoms with E-state index < -0.39 is 48.6 Å². The molecule has 52 heavy (non-hydrogen) atoms. The number of pyridine rings is 2. The van der Waals surface area contributed by atoms with Crippen LogP contribution in [0.15, 0.2) is 48.9 Å². The summed E-state index contributed by atoms with van der Waals surface area (Å²) in [5, 5.41) is 28.5. The fourth-order valence-electron chi connectivity index (χ4n) is 4.23. The van der Waals surface area contributed by atoms with Crippen molar-refractivity contribution in [2.24, 2.45) is 5.41 Å². The molecule has 24 heteroatoms. The monoisotopic (exact) mass is 778 g/mol. The number of piperidine rings is 1. The predicted molar refractivity (Wildman–Crippen MR) is 150 cm³/mol. The van der Waals surface area contributed by atoms with E-state index in [-0.39, 0.29) is 0 Å². The number of carboxylic acids is 4. The van der Waals surface area contributed by atoms with Gasteiger partial charge in [0.15, 0.2) is 0 Å². The lowest BCUT2D eigenvalue weighted by atomic mass is 9.78. The second-order valence-electron chi connectivity index (χ2n) is 10.6. The van der Waals surface area contributed by atoms with Crippen LogP contribution in [0, 0.1) is 5.41 Å². The summed E-state index contributed by atoms with van der Waals surface area (Å²) in [6.45, 7) is 6.94. The summed E-state index contributed by atoms with van der Waals surface area (Å²) in [5.41, 5.74) is 3.07. The summed E-state index contributed by atoms with van der Waals surface area (Å²) in [6.07, 6.45) is -10.6. The van der Waals surface area contributed by atoms with Gasteiger partial charge in [0.05, 0.1) is 5.69 Å². The first-order valence-corrected chi connectivity index (χ1v) is 14.0. The number of alkyl halides is 12. The van der Waals surface area contributed by atoms with Crippen molar-refractivity contribution in [3.05, 3.63) is 60.2 Å². The van der Waals surface area contributed by atoms with Gasteiger partial charge in [0, 0.05) is 38.2 Å². The van der Waals surface area contributed by atoms with Gasteiger partial charge in [0.2, 0.25) is 0 Å². The molecule has 12 nitrogen and oxygen atoms in total. The SMILES string of the molecule is O=C(O)C(F)(F)F.O=C(O)C(F)(F)F.O=C(O)C(F)(F)F.O=C(O)C(F)(F)F.c1ccc(CN2CCC3(CC2)CCN(Cc2cccnc2)C3)nc1. The van der Waals surface area contributed by atoms with Crippen molar-refractivity contribution >= 4 is 23.9 Å². The third kappa shape index (κ3) is 20.2. The number of rotatable bonds is 4. The Morgan fingerprint density at radius 3 is 1.33 bits per heavy atom. The van der Waals surface area contributed by atoms with Crippen LogP contribution in [0.2, 0.25) is 0 Å². The van der Waals surface area contributed by atoms with Crippen LogP contribution in [0.3, 0.4) is 0 Å². The minimum Gasteiger partial charge on any atom is -0.475 e. The number of likely N-dealkylation sites (tertiary alicyclic amines) is 2. The Bertz CT molecular complexity index is 1300. The fourth-order valence-corrected chi connectivity index (χ4v) is 4.23. The van der Waals surface area contributed by atoms with Crippen LogP contribution in [-0.4, -0.2) is 115 Å². The van der Waals surface area contributed by atoms with Crippen LogP contribution in [0.1, 0.15) is 30.5 Å². The molecule has 0 radical (unpaired) electrons. The van der Waals surface area contributed by atoms with Crippen molar-refractivity contribution in [1.29, 1.82) is 0 Å². The molecule has 1 spiro atoms. The highest BCUT2D eigenvalue weighted by Gasteiger charge is 2.41. The quantitative estimate of drug-likeness (QED) is 0.287. The number of carboxylic acid groups (broad SMARTS) is 4. The molecule has 0 unspecified atom stereocenters. The van der Waals surface area contributed by atoms with E-state index in [4.69, 9.17) is 39.6 Å². The lowest BCUT2D eigenvalue weighted by molar-refractivity contribution is -0.193. The van der Waals surface area contributed by atoms with Crippen molar-refractivity contribution in [3.8, 4) is 0 Å². The molecule has 0 aliphatic carbocycles. The van der Waals surface area contributed by atoms with E-state index in [1.54, 1.807) is 0 Å². The van der Waals surface area contributed by atoms with Gasteiger partial charge in [0.1, 0.15) is 0 Å². The molecule has 294 valence electrons. The lowest BCUT2D eigenvalue weighted by Crippen LogP contribution is -2.41. The topological polar surface area (TPSA) is 181 Å². The van der Waals surface area contributed by atoms with Gasteiger partial charge in [-0.05, 0) is 68.1 Å². The number of aromatic nitrogens is 2. The molecule has 4 rings (SSSR count). The highest BCUT2D eigenvalue weighted by molar-refractivity contribution is 5.74. The molecule has 2 aromatic rings. The summed E-state index contributed by atoms with van der Waals surface area (Å²) in [7, 11) is 0. The van der Waals surface area contributed by atoms with Crippen molar-refractivity contribution in [2.45, 2.75) is 57.1 Å². The van der Waals surface area contributed by atoms with Gasteiger partial charge in [0.25, 0.3) is 0 Å². The number of halogens is 12. The van der Waals surface area contributed by atoms with E-state index in [2.05, 4.69) is 38.0 Å². The number of hydrogen-bond donors (Lipinski definition) is 4. The van der Waals surface area contributed by atoms with Crippen LogP contribution >= 0.6 is 0 Å². The van der Waals surface area contributed by atoms with Gasteiger partial charge < -0.3 is 20.4 Å². The van der Waals surface area contributed by atoms with Gasteiger partial charge in [-0.25, -0.2) is 19.2 Å². The molecule has 4 N–H and O–H groups in total. The van der Waals surface area contributed by atoms with Crippen molar-refractivity contribution in [1.82, 2.24) is 19.8 Å². The molecule has 0 amide bonds. The van der Waals surface area contributed by atoms with Crippen molar-refractivity contribution < 1.29 is 92.3 Å². The number of carbonyl (C=O) groups is 4. The zero-order valence-electron chi connectivity index (χ0n) is 26.2. The first-order chi connectivity index (χ1) is 23.6. The zero-order valence-corrected chi connectivity index (χ0v) is 26.2. The van der Waals surface area contributed by atoms with Crippen LogP contribution in [-0.2, 0) is 32.3 Å². The average molecular weight is 779 g/mol. The van der Waals surface area contributed by atoms with Gasteiger partial charge in [-0.3, -0.25) is 19.8 Å². The molecular formula is C28H30F12N4O8. The summed E-state index contributed by atoms with van der Waals surface area (Å²) >= 11 is 0. The molecule has 2 aromatic heterocycles. The average Bonchev–Trinajstić information content (AvgIpc) is 3.40. The fraction of sp³-hybridized carbons (Fsp3) is 0.500. The number of aliphatic carboxylic acids is 4. The van der Waals surface area contributed by atoms with Gasteiger partial charge in [-0.15, -0.1) is 0 Å². The van der Waals surface area contributed by atoms with Gasteiger partial charge in [-0.2, -0.15) is 52.7 Å². The largest absolute Gasteiger partial charge is 0.490 e. The van der Waals surface area contributed by atoms with Gasteiger partial charge >= 0.3 is 48.6 Å². The second-order valence-corrected chi connectivity index (χ2v) is 10.6. The summed E-state index contributed by atoms with van der Waals surface area (Å²) < 4.78 is 127. The molecule has 2 fully saturated rings. The first kappa shape index (κ1) is 47.3. The van der Waals surface area contributed by atoms with Crippen LogP contribution < -0.4 is 0 Å². The predicted octanol–water partition coefficient (Wildman–Crippen LogP) is 5.50. The van der Waals surface area contributed by atoms with Crippen LogP contribution in [0.5, 0.6) is 0 Å². The molecule has 2 saturated heterocycles. The molecule has 0 atom stereocenters. The Hall–Kier alpha value is -4.74. The summed E-state index contributed by atoms with van der Waals surface area (Å²) in [4.78, 5) is 49.5. The maximum absolute atomic E-state index is 10.6. The Morgan fingerprint density at radius 2 is 1.00 bits per heavy atom. The smallest absolute Gasteiger partial charge is 0.475 e. The minimum absolute atomic E-state index is 0.544. The molecular weight excluding hydrogens is 748 g/mol. The molecule has 2 aliphatic rings. The number of nitrogens with zero attached hydrogens (tertiary/aromatic N) is 4. The lowest BCUT2D eigenvalue weighted by Gasteiger charge is -2.39. The van der Waals surface area contributed by atoms with Crippen LogP contribution in [0.4, 0.5) is 52.7 Å². The summed E-state index contributed by atoms with van der Waals surface area (Å²) in [5.74, 6) is -11.0. The molecule has 2 aliphatic heterocycles. The molecule has 0 bridgehead atoms. The Balaban J connectivity index is 0.000000764. The van der Waals surface area contributed by atoms with Gasteiger partial charge in [-0.1, -0.05) is 12.1 Å². The standard InChI is InChI=1S/C20H26N4.4C2HF3O2/c1-2-10-22-19(5-1)16-23-11-6-20(7-12-23)8-13-24(17-20)15-18-4-3-9-21-14-18;4*3-2(4,5)1(6)7/h1-5,9-10,14H,6-8,11-13,15-17H2;4*(H,6,7). The second kappa shape index (κ2) is 20.3. The van der Waals surface area contributed by atoms with E-state index >= 15 is 0 Å². The van der Waals surface area contributed by atoms with E-state index in [9.17, 15) is 52.7 Å². The molecule has 4 heterocycles. The van der Waals surface area contributed by atoms with E-state index in [0.717, 1.165) is 13.1 Å². The Labute approximate surface area is 285 Å². The third-order valence-corrected chi connectivity index (χ3v) is 6.64. The van der Waals surface area contributed by atoms with E-state index in [1.165, 1.54) is 56.7 Å². The zero-order chi connectivity index (χ0) is 40.6. The van der Waals surface area contributed by atoms with E-state index in [0.29, 0.717) is 5.41 Å². The third-order valence-electron chi connectivity index (χ3n) is 6.64. The maximum Gasteiger partial charge on any atom is 0.490 e. The van der Waals surface area contributed by atoms with Crippen molar-refractivity contribution in [3.63, 3.8) is 0 Å². The Morgan fingerprint density at radius 1 is 0.596 bits per heavy atom. The first-order valence-electron chi connectivity index (χ1n) is 14.0. The Kier molecular flexibility index (Phi) is 18.5. The van der Waals surface area contributed by atoms with E-state index in [1.807, 2.05) is 30.7 Å². The highest BCUT2D eigenvalue weighted by Crippen LogP contribution is 2.41. The molecule has 0 saturated carbocycles. The summed E-state index contributed by atoms with van der Waals surface area (Å²) in [6, 6.07) is 10.4. The normalized spacial score (nSPS) is 15.9. The maximum atomic E-state index is 10.6. The minimum atomic E-state index is -5.08.